The predicted octanol–water partition coefficient (Wildman–Crippen LogP) is 1.95. The Kier molecular flexibility index (Phi) is 2.80. The third kappa shape index (κ3) is 1.64. The van der Waals surface area contributed by atoms with Crippen molar-refractivity contribution >= 4 is 17.3 Å². The fourth-order valence-electron chi connectivity index (χ4n) is 1.49. The van der Waals surface area contributed by atoms with Gasteiger partial charge in [-0.3, -0.25) is 0 Å². The number of halogens is 1. The molecule has 1 aliphatic carbocycles. The van der Waals surface area contributed by atoms with Crippen LogP contribution >= 0.6 is 11.6 Å². The second-order valence-corrected chi connectivity index (χ2v) is 4.06. The molecule has 1 aliphatic rings. The maximum atomic E-state index is 7.52. The zero-order chi connectivity index (χ0) is 10.1. The zero-order valence-corrected chi connectivity index (χ0v) is 8.81. The smallest absolute Gasteiger partial charge is 0.195 e. The van der Waals surface area contributed by atoms with Crippen molar-refractivity contribution < 1.29 is 9.47 Å². The first-order valence-electron chi connectivity index (χ1n) is 4.03. The highest BCUT2D eigenvalue weighted by Gasteiger charge is 2.49. The Hall–Kier alpha value is -0.380. The maximum Gasteiger partial charge on any atom is 0.195 e. The van der Waals surface area contributed by atoms with Gasteiger partial charge in [0.2, 0.25) is 0 Å². The van der Waals surface area contributed by atoms with E-state index in [2.05, 4.69) is 0 Å². The molecule has 1 rings (SSSR count). The van der Waals surface area contributed by atoms with Crippen LogP contribution in [0.5, 0.6) is 0 Å². The van der Waals surface area contributed by atoms with Crippen molar-refractivity contribution in [2.24, 2.45) is 0 Å². The fourth-order valence-corrected chi connectivity index (χ4v) is 1.78. The molecule has 0 fully saturated rings. The van der Waals surface area contributed by atoms with Gasteiger partial charge in [0.15, 0.2) is 5.79 Å². The Morgan fingerprint density at radius 1 is 1.46 bits per heavy atom. The number of alkyl halides is 1. The number of hydrogen-bond donors (Lipinski definition) is 1. The summed E-state index contributed by atoms with van der Waals surface area (Å²) in [5.41, 5.74) is 0.460. The first-order valence-corrected chi connectivity index (χ1v) is 4.41. The molecule has 0 bridgehead atoms. The van der Waals surface area contributed by atoms with Crippen LogP contribution in [-0.2, 0) is 9.47 Å². The molecule has 0 saturated heterocycles. The van der Waals surface area contributed by atoms with Crippen molar-refractivity contribution in [1.82, 2.24) is 0 Å². The molecule has 13 heavy (non-hydrogen) atoms. The molecule has 4 heteroatoms. The van der Waals surface area contributed by atoms with E-state index in [9.17, 15) is 0 Å². The summed E-state index contributed by atoms with van der Waals surface area (Å²) in [6, 6.07) is 0. The van der Waals surface area contributed by atoms with Crippen molar-refractivity contribution in [3.8, 4) is 0 Å². The van der Waals surface area contributed by atoms with Gasteiger partial charge in [-0.2, -0.15) is 0 Å². The molecule has 0 saturated carbocycles. The molecule has 0 amide bonds. The highest BCUT2D eigenvalue weighted by Crippen LogP contribution is 2.39. The summed E-state index contributed by atoms with van der Waals surface area (Å²) in [5.74, 6) is -0.916. The van der Waals surface area contributed by atoms with Crippen LogP contribution in [0.4, 0.5) is 0 Å². The zero-order valence-electron chi connectivity index (χ0n) is 8.06. The summed E-state index contributed by atoms with van der Waals surface area (Å²) in [6.07, 6.45) is 3.78. The van der Waals surface area contributed by atoms with Crippen LogP contribution < -0.4 is 0 Å². The van der Waals surface area contributed by atoms with E-state index in [1.165, 1.54) is 14.2 Å². The van der Waals surface area contributed by atoms with E-state index < -0.39 is 10.7 Å². The van der Waals surface area contributed by atoms with Gasteiger partial charge in [0.05, 0.1) is 0 Å². The van der Waals surface area contributed by atoms with Crippen LogP contribution in [0.3, 0.4) is 0 Å². The lowest BCUT2D eigenvalue weighted by molar-refractivity contribution is -0.214. The minimum Gasteiger partial charge on any atom is -0.351 e. The van der Waals surface area contributed by atoms with Crippen LogP contribution in [0, 0.1) is 5.41 Å². The molecule has 1 atom stereocenters. The van der Waals surface area contributed by atoms with E-state index in [4.69, 9.17) is 26.5 Å². The van der Waals surface area contributed by atoms with Gasteiger partial charge in [-0.25, -0.2) is 0 Å². The van der Waals surface area contributed by atoms with Gasteiger partial charge in [0.25, 0.3) is 0 Å². The highest BCUT2D eigenvalue weighted by atomic mass is 35.5. The molecule has 1 unspecified atom stereocenters. The van der Waals surface area contributed by atoms with Gasteiger partial charge in [0, 0.05) is 26.4 Å². The minimum atomic E-state index is -0.916. The van der Waals surface area contributed by atoms with Crippen molar-refractivity contribution in [3.05, 3.63) is 12.2 Å². The Morgan fingerprint density at radius 3 is 2.38 bits per heavy atom. The number of methoxy groups -OCH3 is 2. The van der Waals surface area contributed by atoms with Gasteiger partial charge in [-0.05, 0) is 13.0 Å². The minimum absolute atomic E-state index is 0.372. The summed E-state index contributed by atoms with van der Waals surface area (Å²) in [7, 11) is 3.08. The molecule has 1 N–H and O–H groups in total. The van der Waals surface area contributed by atoms with Gasteiger partial charge in [-0.1, -0.05) is 6.08 Å². The lowest BCUT2D eigenvalue weighted by Crippen LogP contribution is -2.53. The van der Waals surface area contributed by atoms with E-state index in [0.29, 0.717) is 12.1 Å². The van der Waals surface area contributed by atoms with Crippen molar-refractivity contribution in [3.63, 3.8) is 0 Å². The molecule has 0 spiro atoms. The first kappa shape index (κ1) is 10.7. The summed E-state index contributed by atoms with van der Waals surface area (Å²) >= 11 is 6.23. The SMILES string of the molecule is COC1(OC)CC(=N)C=CC1(C)Cl. The molecule has 74 valence electrons. The Balaban J connectivity index is 3.07. The van der Waals surface area contributed by atoms with E-state index in [0.717, 1.165) is 0 Å². The second-order valence-electron chi connectivity index (χ2n) is 3.27. The molecule has 3 nitrogen and oxygen atoms in total. The van der Waals surface area contributed by atoms with E-state index in [1.807, 2.05) is 6.92 Å². The van der Waals surface area contributed by atoms with Gasteiger partial charge in [-0.15, -0.1) is 11.6 Å². The Morgan fingerprint density at radius 2 is 2.00 bits per heavy atom. The lowest BCUT2D eigenvalue weighted by atomic mass is 9.88. The molecule has 0 aromatic carbocycles. The number of rotatable bonds is 2. The largest absolute Gasteiger partial charge is 0.351 e. The third-order valence-electron chi connectivity index (χ3n) is 2.42. The van der Waals surface area contributed by atoms with E-state index in [-0.39, 0.29) is 0 Å². The molecule has 0 aromatic rings. The van der Waals surface area contributed by atoms with Crippen LogP contribution in [0.15, 0.2) is 12.2 Å². The number of allylic oxidation sites excluding steroid dienone is 1. The standard InChI is InChI=1S/C9H14ClNO2/c1-8(10)5-4-7(11)6-9(8,12-2)13-3/h4-5,11H,6H2,1-3H3. The average molecular weight is 204 g/mol. The molecular weight excluding hydrogens is 190 g/mol. The monoisotopic (exact) mass is 203 g/mol. The third-order valence-corrected chi connectivity index (χ3v) is 2.84. The van der Waals surface area contributed by atoms with Crippen LogP contribution in [0.2, 0.25) is 0 Å². The average Bonchev–Trinajstić information content (AvgIpc) is 2.09. The second kappa shape index (κ2) is 3.40. The van der Waals surface area contributed by atoms with Crippen LogP contribution in [0.1, 0.15) is 13.3 Å². The fraction of sp³-hybridized carbons (Fsp3) is 0.667. The Bertz CT molecular complexity index is 244. The molecule has 0 aromatic heterocycles. The highest BCUT2D eigenvalue weighted by molar-refractivity contribution is 6.26. The van der Waals surface area contributed by atoms with E-state index in [1.54, 1.807) is 12.2 Å². The molecular formula is C9H14ClNO2. The molecule has 0 radical (unpaired) electrons. The normalized spacial score (nSPS) is 32.2. The number of ether oxygens (including phenoxy) is 2. The van der Waals surface area contributed by atoms with Crippen LogP contribution in [-0.4, -0.2) is 30.6 Å². The van der Waals surface area contributed by atoms with Crippen LogP contribution in [0.25, 0.3) is 0 Å². The lowest BCUT2D eigenvalue weighted by Gasteiger charge is -2.42. The Labute approximate surface area is 83.2 Å². The van der Waals surface area contributed by atoms with Crippen molar-refractivity contribution in [2.75, 3.05) is 14.2 Å². The predicted molar refractivity (Wildman–Crippen MR) is 52.5 cm³/mol. The molecule has 0 aliphatic heterocycles. The maximum absolute atomic E-state index is 7.52. The first-order chi connectivity index (χ1) is 5.97. The number of nitrogens with one attached hydrogen (secondary N) is 1. The quantitative estimate of drug-likeness (QED) is 0.551. The number of hydrogen-bond acceptors (Lipinski definition) is 3. The van der Waals surface area contributed by atoms with E-state index >= 15 is 0 Å². The summed E-state index contributed by atoms with van der Waals surface area (Å²) in [5, 5.41) is 7.52. The van der Waals surface area contributed by atoms with Gasteiger partial charge >= 0.3 is 0 Å². The van der Waals surface area contributed by atoms with Gasteiger partial charge < -0.3 is 14.9 Å². The topological polar surface area (TPSA) is 42.3 Å². The summed E-state index contributed by atoms with van der Waals surface area (Å²) in [6.45, 7) is 1.81. The molecule has 0 heterocycles. The van der Waals surface area contributed by atoms with Crippen molar-refractivity contribution in [1.29, 1.82) is 5.41 Å². The summed E-state index contributed by atoms with van der Waals surface area (Å²) in [4.78, 5) is -0.721. The summed E-state index contributed by atoms with van der Waals surface area (Å²) < 4.78 is 10.5. The van der Waals surface area contributed by atoms with Crippen molar-refractivity contribution in [2.45, 2.75) is 24.0 Å². The van der Waals surface area contributed by atoms with Gasteiger partial charge in [0.1, 0.15) is 4.87 Å².